The molecule has 0 saturated carbocycles. The number of amides is 1. The third-order valence-electron chi connectivity index (χ3n) is 6.06. The topological polar surface area (TPSA) is 107 Å². The summed E-state index contributed by atoms with van der Waals surface area (Å²) in [6.07, 6.45) is 2.85. The van der Waals surface area contributed by atoms with Crippen LogP contribution in [0.2, 0.25) is 25.7 Å². The molecule has 10 heteroatoms. The summed E-state index contributed by atoms with van der Waals surface area (Å²) in [6, 6.07) is 6.81. The van der Waals surface area contributed by atoms with Crippen molar-refractivity contribution in [3.8, 4) is 11.4 Å². The minimum absolute atomic E-state index is 0.0151. The minimum atomic E-state index is -1.21. The van der Waals surface area contributed by atoms with Crippen LogP contribution in [0.15, 0.2) is 30.6 Å². The minimum Gasteiger partial charge on any atom is -0.389 e. The number of aliphatic hydroxyl groups excluding tert-OH is 1. The summed E-state index contributed by atoms with van der Waals surface area (Å²) < 4.78 is 9.57. The van der Waals surface area contributed by atoms with Crippen molar-refractivity contribution in [3.05, 3.63) is 41.7 Å². The van der Waals surface area contributed by atoms with Crippen molar-refractivity contribution >= 4 is 36.0 Å². The molecule has 1 atom stereocenters. The maximum absolute atomic E-state index is 13.1. The van der Waals surface area contributed by atoms with Gasteiger partial charge in [0.2, 0.25) is 0 Å². The molecule has 0 saturated heterocycles. The molecule has 2 N–H and O–H groups in total. The van der Waals surface area contributed by atoms with Crippen LogP contribution in [-0.4, -0.2) is 56.1 Å². The highest BCUT2D eigenvalue weighted by atomic mass is 28.3. The summed E-state index contributed by atoms with van der Waals surface area (Å²) >= 11 is 0. The number of aryl methyl sites for hydroxylation is 1. The van der Waals surface area contributed by atoms with Crippen molar-refractivity contribution in [1.29, 1.82) is 0 Å². The van der Waals surface area contributed by atoms with E-state index >= 15 is 0 Å². The second-order valence-corrected chi connectivity index (χ2v) is 16.5. The molecule has 0 spiro atoms. The van der Waals surface area contributed by atoms with Crippen molar-refractivity contribution in [2.75, 3.05) is 6.61 Å². The molecule has 0 radical (unpaired) electrons. The van der Waals surface area contributed by atoms with Crippen molar-refractivity contribution < 1.29 is 14.6 Å². The van der Waals surface area contributed by atoms with Gasteiger partial charge in [-0.05, 0) is 44.5 Å². The molecule has 1 amide bonds. The fourth-order valence-corrected chi connectivity index (χ4v) is 4.80. The summed E-state index contributed by atoms with van der Waals surface area (Å²) in [7, 11) is 0.663. The van der Waals surface area contributed by atoms with Crippen LogP contribution >= 0.6 is 0 Å². The van der Waals surface area contributed by atoms with Gasteiger partial charge in [0.1, 0.15) is 23.6 Å². The molecule has 0 fully saturated rings. The summed E-state index contributed by atoms with van der Waals surface area (Å²) in [6.45, 7) is 13.5. The van der Waals surface area contributed by atoms with E-state index in [4.69, 9.17) is 14.7 Å². The molecule has 36 heavy (non-hydrogen) atoms. The van der Waals surface area contributed by atoms with Crippen molar-refractivity contribution in [1.82, 2.24) is 29.6 Å². The number of fused-ring (bicyclic) bond motifs is 2. The number of aliphatic hydroxyl groups is 1. The zero-order chi connectivity index (χ0) is 26.2. The summed E-state index contributed by atoms with van der Waals surface area (Å²) in [5.74, 6) is -0.204. The third kappa shape index (κ3) is 5.50. The number of benzene rings is 1. The monoisotopic (exact) mass is 508 g/mol. The quantitative estimate of drug-likeness (QED) is 0.255. The number of aromatic nitrogens is 5. The first-order valence-electron chi connectivity index (χ1n) is 12.3. The van der Waals surface area contributed by atoms with Gasteiger partial charge in [-0.25, -0.2) is 9.97 Å². The molecule has 1 unspecified atom stereocenters. The highest BCUT2D eigenvalue weighted by molar-refractivity contribution is 6.76. The van der Waals surface area contributed by atoms with Gasteiger partial charge in [-0.3, -0.25) is 9.48 Å². The van der Waals surface area contributed by atoms with Crippen molar-refractivity contribution in [3.63, 3.8) is 0 Å². The number of nitrogens with zero attached hydrogens (tertiary/aromatic N) is 5. The van der Waals surface area contributed by atoms with Crippen LogP contribution < -0.4 is 5.32 Å². The van der Waals surface area contributed by atoms with Gasteiger partial charge in [0.25, 0.3) is 5.91 Å². The molecule has 4 rings (SSSR count). The smallest absolute Gasteiger partial charge is 0.255 e. The van der Waals surface area contributed by atoms with Crippen LogP contribution in [0.3, 0.4) is 0 Å². The van der Waals surface area contributed by atoms with Gasteiger partial charge in [0, 0.05) is 39.4 Å². The van der Waals surface area contributed by atoms with Gasteiger partial charge in [0.05, 0.1) is 23.4 Å². The second kappa shape index (κ2) is 10.1. The number of hydrogen-bond acceptors (Lipinski definition) is 6. The number of ether oxygens (including phenoxy) is 1. The Bertz CT molecular complexity index is 1400. The van der Waals surface area contributed by atoms with E-state index in [1.165, 1.54) is 0 Å². The molecule has 3 aromatic heterocycles. The van der Waals surface area contributed by atoms with Gasteiger partial charge in [-0.2, -0.15) is 5.10 Å². The zero-order valence-electron chi connectivity index (χ0n) is 22.2. The summed E-state index contributed by atoms with van der Waals surface area (Å²) in [5.41, 5.74) is 4.47. The number of rotatable bonds is 9. The van der Waals surface area contributed by atoms with Crippen LogP contribution in [0, 0.1) is 0 Å². The largest absolute Gasteiger partial charge is 0.389 e. The van der Waals surface area contributed by atoms with E-state index in [9.17, 15) is 9.90 Å². The predicted octanol–water partition coefficient (Wildman–Crippen LogP) is 4.49. The lowest BCUT2D eigenvalue weighted by atomic mass is 10.1. The van der Waals surface area contributed by atoms with Crippen molar-refractivity contribution in [2.45, 2.75) is 65.3 Å². The zero-order valence-corrected chi connectivity index (χ0v) is 23.2. The molecule has 3 heterocycles. The first-order valence-corrected chi connectivity index (χ1v) is 16.0. The molecule has 9 nitrogen and oxygen atoms in total. The van der Waals surface area contributed by atoms with E-state index in [0.717, 1.165) is 22.5 Å². The molecule has 192 valence electrons. The third-order valence-corrected chi connectivity index (χ3v) is 7.76. The van der Waals surface area contributed by atoms with Crippen LogP contribution in [0.25, 0.3) is 33.5 Å². The Kier molecular flexibility index (Phi) is 7.30. The van der Waals surface area contributed by atoms with E-state index in [2.05, 4.69) is 30.1 Å². The Balaban J connectivity index is 1.77. The maximum atomic E-state index is 13.1. The highest BCUT2D eigenvalue weighted by Crippen LogP contribution is 2.30. The molecular formula is C26H36N6O3Si. The number of hydrogen-bond donors (Lipinski definition) is 2. The molecular weight excluding hydrogens is 472 g/mol. The Hall–Kier alpha value is -3.08. The van der Waals surface area contributed by atoms with Gasteiger partial charge in [0.15, 0.2) is 5.65 Å². The standard InChI is InChI=1S/C26H36N6O3Si/c1-16(2)28-26(34)20-14-32(15-35-10-11-36(5,6)7)25-24(20)29-21(13-27-25)23-19-12-18(17(3)33)8-9-22(19)31(4)30-23/h8-9,12-14,16-17,33H,10-11,15H2,1-7H3,(H,28,34). The van der Waals surface area contributed by atoms with Gasteiger partial charge >= 0.3 is 0 Å². The lowest BCUT2D eigenvalue weighted by molar-refractivity contribution is 0.0890. The summed E-state index contributed by atoms with van der Waals surface area (Å²) in [5, 5.41) is 18.6. The Morgan fingerprint density at radius 2 is 1.97 bits per heavy atom. The highest BCUT2D eigenvalue weighted by Gasteiger charge is 2.21. The lowest BCUT2D eigenvalue weighted by Gasteiger charge is -2.15. The Morgan fingerprint density at radius 3 is 2.64 bits per heavy atom. The molecule has 0 aliphatic heterocycles. The first-order chi connectivity index (χ1) is 16.9. The first kappa shape index (κ1) is 26.0. The van der Waals surface area contributed by atoms with Crippen LogP contribution in [-0.2, 0) is 18.5 Å². The van der Waals surface area contributed by atoms with E-state index in [1.54, 1.807) is 24.0 Å². The van der Waals surface area contributed by atoms with Gasteiger partial charge < -0.3 is 19.7 Å². The average molecular weight is 509 g/mol. The normalized spacial score (nSPS) is 13.1. The average Bonchev–Trinajstić information content (AvgIpc) is 3.32. The molecule has 1 aromatic carbocycles. The van der Waals surface area contributed by atoms with Crippen LogP contribution in [0.4, 0.5) is 0 Å². The fraction of sp³-hybridized carbons (Fsp3) is 0.462. The van der Waals surface area contributed by atoms with Crippen LogP contribution in [0.5, 0.6) is 0 Å². The summed E-state index contributed by atoms with van der Waals surface area (Å²) in [4.78, 5) is 22.6. The van der Waals surface area contributed by atoms with E-state index in [0.29, 0.717) is 41.5 Å². The second-order valence-electron chi connectivity index (χ2n) is 10.8. The molecule has 4 aromatic rings. The number of carbonyl (C=O) groups excluding carboxylic acids is 1. The fourth-order valence-electron chi connectivity index (χ4n) is 4.04. The van der Waals surface area contributed by atoms with Crippen molar-refractivity contribution in [2.24, 2.45) is 7.05 Å². The van der Waals surface area contributed by atoms with E-state index in [-0.39, 0.29) is 11.9 Å². The predicted molar refractivity (Wildman–Crippen MR) is 145 cm³/mol. The molecule has 0 bridgehead atoms. The Labute approximate surface area is 212 Å². The molecule has 0 aliphatic rings. The Morgan fingerprint density at radius 1 is 1.22 bits per heavy atom. The maximum Gasteiger partial charge on any atom is 0.255 e. The van der Waals surface area contributed by atoms with Crippen LogP contribution in [0.1, 0.15) is 42.8 Å². The van der Waals surface area contributed by atoms with E-state index in [1.807, 2.05) is 43.7 Å². The number of nitrogens with one attached hydrogen (secondary N) is 1. The SMILES string of the molecule is CC(C)NC(=O)c1cn(COCC[Si](C)(C)C)c2ncc(-c3nn(C)c4ccc(C(C)O)cc34)nc12. The van der Waals surface area contributed by atoms with E-state index < -0.39 is 14.2 Å². The van der Waals surface area contributed by atoms with Gasteiger partial charge in [-0.1, -0.05) is 25.7 Å². The molecule has 0 aliphatic carbocycles. The van der Waals surface area contributed by atoms with Gasteiger partial charge in [-0.15, -0.1) is 0 Å². The number of carbonyl (C=O) groups is 1. The lowest BCUT2D eigenvalue weighted by Crippen LogP contribution is -2.30.